The third-order valence-electron chi connectivity index (χ3n) is 7.57. The Kier molecular flexibility index (Phi) is 6.98. The molecule has 0 unspecified atom stereocenters. The Labute approximate surface area is 214 Å². The first kappa shape index (κ1) is 25.5. The number of nitrogens with zero attached hydrogens (tertiary/aromatic N) is 2. The van der Waals surface area contributed by atoms with Gasteiger partial charge in [0.1, 0.15) is 6.26 Å². The molecule has 0 atom stereocenters. The van der Waals surface area contributed by atoms with Crippen LogP contribution in [0.4, 0.5) is 0 Å². The van der Waals surface area contributed by atoms with Crippen LogP contribution in [0.5, 0.6) is 0 Å². The highest BCUT2D eigenvalue weighted by Gasteiger charge is 2.37. The molecule has 0 spiro atoms. The van der Waals surface area contributed by atoms with Gasteiger partial charge in [0.15, 0.2) is 5.96 Å². The summed E-state index contributed by atoms with van der Waals surface area (Å²) in [6.45, 7) is 12.9. The van der Waals surface area contributed by atoms with Gasteiger partial charge < -0.3 is 20.8 Å². The summed E-state index contributed by atoms with van der Waals surface area (Å²) in [7, 11) is 0. The second-order valence-corrected chi connectivity index (χ2v) is 11.3. The molecule has 36 heavy (non-hydrogen) atoms. The smallest absolute Gasteiger partial charge is 0.257 e. The van der Waals surface area contributed by atoms with Crippen molar-refractivity contribution < 1.29 is 9.21 Å². The van der Waals surface area contributed by atoms with Crippen LogP contribution < -0.4 is 11.5 Å². The number of guanidine groups is 1. The van der Waals surface area contributed by atoms with Gasteiger partial charge in [-0.05, 0) is 70.0 Å². The third-order valence-corrected chi connectivity index (χ3v) is 7.57. The van der Waals surface area contributed by atoms with E-state index in [1.165, 1.54) is 34.9 Å². The second-order valence-electron chi connectivity index (χ2n) is 11.3. The minimum absolute atomic E-state index is 0.0509. The molecule has 4 rings (SSSR count). The van der Waals surface area contributed by atoms with Gasteiger partial charge in [-0.15, -0.1) is 0 Å². The molecule has 0 saturated heterocycles. The molecule has 0 radical (unpaired) electrons. The monoisotopic (exact) mass is 486 g/mol. The number of carbonyl (C=O) groups is 1. The number of nitrogens with two attached hydrogens (primary N) is 2. The van der Waals surface area contributed by atoms with Crippen molar-refractivity contribution in [3.8, 4) is 0 Å². The summed E-state index contributed by atoms with van der Waals surface area (Å²) in [5.74, 6) is 0.0213. The predicted molar refractivity (Wildman–Crippen MR) is 145 cm³/mol. The van der Waals surface area contributed by atoms with Gasteiger partial charge in [-0.3, -0.25) is 4.79 Å². The number of furan rings is 1. The molecule has 0 fully saturated rings. The van der Waals surface area contributed by atoms with E-state index in [9.17, 15) is 4.79 Å². The Bertz CT molecular complexity index is 1250. The largest absolute Gasteiger partial charge is 0.472 e. The van der Waals surface area contributed by atoms with E-state index in [0.717, 1.165) is 17.5 Å². The number of hydrogen-bond donors (Lipinski definition) is 2. The molecular weight excluding hydrogens is 448 g/mol. The number of hydrogen-bond acceptors (Lipinski definition) is 3. The summed E-state index contributed by atoms with van der Waals surface area (Å²) in [5, 5.41) is 0. The summed E-state index contributed by atoms with van der Waals surface area (Å²) in [5.41, 5.74) is 19.0. The molecule has 0 saturated carbocycles. The van der Waals surface area contributed by atoms with E-state index in [1.807, 2.05) is 29.2 Å². The SMILES string of the molecule is Cc1cc2c(cc1CN(Cc1ccc(CN=C(N)N)cc1)C(=O)c1ccoc1)C(C)(C)CCC2(C)C. The van der Waals surface area contributed by atoms with Crippen LogP contribution in [0.3, 0.4) is 0 Å². The first-order chi connectivity index (χ1) is 17.0. The molecule has 6 heteroatoms. The number of amides is 1. The normalized spacial score (nSPS) is 15.7. The zero-order valence-electron chi connectivity index (χ0n) is 22.1. The fraction of sp³-hybridized carbons (Fsp3) is 0.400. The molecule has 190 valence electrons. The molecule has 4 N–H and O–H groups in total. The molecule has 2 aromatic carbocycles. The maximum Gasteiger partial charge on any atom is 0.257 e. The fourth-order valence-electron chi connectivity index (χ4n) is 5.06. The highest BCUT2D eigenvalue weighted by atomic mass is 16.3. The van der Waals surface area contributed by atoms with E-state index in [1.54, 1.807) is 12.3 Å². The van der Waals surface area contributed by atoms with Crippen LogP contribution in [0, 0.1) is 6.92 Å². The average molecular weight is 487 g/mol. The van der Waals surface area contributed by atoms with Crippen molar-refractivity contribution in [1.29, 1.82) is 0 Å². The van der Waals surface area contributed by atoms with Crippen LogP contribution >= 0.6 is 0 Å². The van der Waals surface area contributed by atoms with Gasteiger partial charge in [0.25, 0.3) is 5.91 Å². The average Bonchev–Trinajstić information content (AvgIpc) is 3.36. The molecule has 1 aliphatic rings. The van der Waals surface area contributed by atoms with Crippen LogP contribution in [0.1, 0.15) is 84.3 Å². The van der Waals surface area contributed by atoms with Crippen molar-refractivity contribution >= 4 is 11.9 Å². The van der Waals surface area contributed by atoms with E-state index < -0.39 is 0 Å². The molecule has 3 aromatic rings. The van der Waals surface area contributed by atoms with Crippen molar-refractivity contribution in [3.63, 3.8) is 0 Å². The van der Waals surface area contributed by atoms with Gasteiger partial charge in [0.05, 0.1) is 18.4 Å². The van der Waals surface area contributed by atoms with E-state index in [2.05, 4.69) is 51.7 Å². The number of rotatable bonds is 7. The number of aliphatic imine (C=N–C) groups is 1. The van der Waals surface area contributed by atoms with Crippen LogP contribution in [0.2, 0.25) is 0 Å². The summed E-state index contributed by atoms with van der Waals surface area (Å²) < 4.78 is 5.22. The molecule has 1 aromatic heterocycles. The lowest BCUT2D eigenvalue weighted by molar-refractivity contribution is 0.0729. The predicted octanol–water partition coefficient (Wildman–Crippen LogP) is 5.55. The first-order valence-corrected chi connectivity index (χ1v) is 12.6. The zero-order valence-corrected chi connectivity index (χ0v) is 22.1. The number of fused-ring (bicyclic) bond motifs is 1. The number of benzene rings is 2. The molecule has 1 amide bonds. The molecule has 0 aliphatic heterocycles. The minimum Gasteiger partial charge on any atom is -0.472 e. The van der Waals surface area contributed by atoms with Crippen molar-refractivity contribution in [2.75, 3.05) is 0 Å². The fourth-order valence-corrected chi connectivity index (χ4v) is 5.06. The van der Waals surface area contributed by atoms with Crippen molar-refractivity contribution in [1.82, 2.24) is 4.90 Å². The standard InChI is InChI=1S/C30H38N4O2/c1-20-14-25-26(30(4,5)12-11-29(25,2)3)15-24(20)18-34(27(35)23-10-13-36-19-23)17-22-8-6-21(7-9-22)16-33-28(31)32/h6-10,13-15,19H,11-12,16-18H2,1-5H3,(H4,31,32,33). The quantitative estimate of drug-likeness (QED) is 0.338. The van der Waals surface area contributed by atoms with Crippen LogP contribution in [0.25, 0.3) is 0 Å². The second kappa shape index (κ2) is 9.84. The first-order valence-electron chi connectivity index (χ1n) is 12.6. The summed E-state index contributed by atoms with van der Waals surface area (Å²) in [6, 6.07) is 14.5. The van der Waals surface area contributed by atoms with Crippen LogP contribution in [-0.2, 0) is 30.5 Å². The Morgan fingerprint density at radius 1 is 0.944 bits per heavy atom. The maximum absolute atomic E-state index is 13.5. The third kappa shape index (κ3) is 5.48. The molecule has 0 bridgehead atoms. The Morgan fingerprint density at radius 3 is 2.14 bits per heavy atom. The molecule has 1 aliphatic carbocycles. The van der Waals surface area contributed by atoms with Crippen molar-refractivity contribution in [2.24, 2.45) is 16.5 Å². The molecule has 1 heterocycles. The molecule has 6 nitrogen and oxygen atoms in total. The number of aryl methyl sites for hydroxylation is 1. The Morgan fingerprint density at radius 2 is 1.56 bits per heavy atom. The number of carbonyl (C=O) groups excluding carboxylic acids is 1. The van der Waals surface area contributed by atoms with Gasteiger partial charge in [-0.25, -0.2) is 4.99 Å². The van der Waals surface area contributed by atoms with Gasteiger partial charge in [0, 0.05) is 13.1 Å². The lowest BCUT2D eigenvalue weighted by Gasteiger charge is -2.42. The molecular formula is C30H38N4O2. The van der Waals surface area contributed by atoms with Gasteiger partial charge in [-0.1, -0.05) is 64.1 Å². The topological polar surface area (TPSA) is 97.9 Å². The zero-order chi connectivity index (χ0) is 26.1. The maximum atomic E-state index is 13.5. The van der Waals surface area contributed by atoms with Gasteiger partial charge in [0.2, 0.25) is 0 Å². The Balaban J connectivity index is 1.65. The highest BCUT2D eigenvalue weighted by molar-refractivity contribution is 5.93. The van der Waals surface area contributed by atoms with E-state index in [-0.39, 0.29) is 22.7 Å². The highest BCUT2D eigenvalue weighted by Crippen LogP contribution is 2.46. The lowest BCUT2D eigenvalue weighted by Crippen LogP contribution is -2.35. The minimum atomic E-state index is -0.0509. The van der Waals surface area contributed by atoms with E-state index in [4.69, 9.17) is 15.9 Å². The summed E-state index contributed by atoms with van der Waals surface area (Å²) in [6.07, 6.45) is 5.38. The van der Waals surface area contributed by atoms with E-state index in [0.29, 0.717) is 25.2 Å². The summed E-state index contributed by atoms with van der Waals surface area (Å²) >= 11 is 0. The Hall–Kier alpha value is -3.54. The van der Waals surface area contributed by atoms with Gasteiger partial charge in [-0.2, -0.15) is 0 Å². The summed E-state index contributed by atoms with van der Waals surface area (Å²) in [4.78, 5) is 19.5. The lowest BCUT2D eigenvalue weighted by atomic mass is 9.62. The van der Waals surface area contributed by atoms with Gasteiger partial charge >= 0.3 is 0 Å². The van der Waals surface area contributed by atoms with Crippen molar-refractivity contribution in [3.05, 3.63) is 93.9 Å². The van der Waals surface area contributed by atoms with Crippen LogP contribution in [0.15, 0.2) is 64.4 Å². The van der Waals surface area contributed by atoms with Crippen LogP contribution in [-0.4, -0.2) is 16.8 Å². The van der Waals surface area contributed by atoms with E-state index >= 15 is 0 Å². The van der Waals surface area contributed by atoms with Crippen molar-refractivity contribution in [2.45, 2.75) is 77.9 Å².